The highest BCUT2D eigenvalue weighted by Crippen LogP contribution is 2.25. The fraction of sp³-hybridized carbons (Fsp3) is 0.0870. The first-order chi connectivity index (χ1) is 15.8. The largest absolute Gasteiger partial charge is 0.320 e. The van der Waals surface area contributed by atoms with Crippen LogP contribution < -0.4 is 15.0 Å². The standard InChI is InChI=1S/C23H19ClN4O4S/c1-15-6-10-17(11-7-15)28(33(31,32)18-12-8-16(24)9-13-18)14-21(29)26-27-22-19-4-2-3-5-20(19)25-23(22)30/h2-13H,14H2,1H3,(H,26,29)(H,25,27,30). The summed E-state index contributed by atoms with van der Waals surface area (Å²) in [5, 5.41) is 6.98. The maximum atomic E-state index is 13.3. The number of nitrogens with one attached hydrogen (secondary N) is 2. The Morgan fingerprint density at radius 1 is 1.03 bits per heavy atom. The molecule has 8 nitrogen and oxygen atoms in total. The third-order valence-electron chi connectivity index (χ3n) is 4.95. The number of carbonyl (C=O) groups excluding carboxylic acids is 2. The maximum absolute atomic E-state index is 13.3. The fourth-order valence-electron chi connectivity index (χ4n) is 3.26. The van der Waals surface area contributed by atoms with Crippen molar-refractivity contribution in [2.75, 3.05) is 16.2 Å². The van der Waals surface area contributed by atoms with Gasteiger partial charge in [0.2, 0.25) is 0 Å². The molecule has 1 aliphatic rings. The van der Waals surface area contributed by atoms with Crippen LogP contribution in [0.15, 0.2) is 82.8 Å². The Labute approximate surface area is 195 Å². The van der Waals surface area contributed by atoms with Gasteiger partial charge in [-0.05, 0) is 49.4 Å². The second kappa shape index (κ2) is 9.05. The quantitative estimate of drug-likeness (QED) is 0.525. The summed E-state index contributed by atoms with van der Waals surface area (Å²) in [6.07, 6.45) is 0. The Balaban J connectivity index is 1.62. The van der Waals surface area contributed by atoms with Crippen molar-refractivity contribution >= 4 is 50.5 Å². The number of halogens is 1. The monoisotopic (exact) mass is 482 g/mol. The number of para-hydroxylation sites is 1. The van der Waals surface area contributed by atoms with Crippen LogP contribution in [0.25, 0.3) is 0 Å². The highest BCUT2D eigenvalue weighted by atomic mass is 35.5. The summed E-state index contributed by atoms with van der Waals surface area (Å²) >= 11 is 5.89. The van der Waals surface area contributed by atoms with Gasteiger partial charge in [-0.25, -0.2) is 13.8 Å². The molecule has 2 amide bonds. The van der Waals surface area contributed by atoms with Gasteiger partial charge in [0.15, 0.2) is 5.71 Å². The number of aryl methyl sites for hydroxylation is 1. The lowest BCUT2D eigenvalue weighted by Gasteiger charge is -2.24. The zero-order valence-corrected chi connectivity index (χ0v) is 19.0. The highest BCUT2D eigenvalue weighted by molar-refractivity contribution is 7.92. The van der Waals surface area contributed by atoms with E-state index in [4.69, 9.17) is 11.6 Å². The lowest BCUT2D eigenvalue weighted by Crippen LogP contribution is -2.40. The molecule has 1 heterocycles. The number of benzene rings is 3. The summed E-state index contributed by atoms with van der Waals surface area (Å²) in [5.74, 6) is -1.17. The van der Waals surface area contributed by atoms with Crippen LogP contribution in [0.3, 0.4) is 0 Å². The Kier molecular flexibility index (Phi) is 6.17. The first kappa shape index (κ1) is 22.5. The number of rotatable bonds is 6. The molecule has 2 N–H and O–H groups in total. The molecule has 0 fully saturated rings. The summed E-state index contributed by atoms with van der Waals surface area (Å²) in [7, 11) is -4.09. The zero-order chi connectivity index (χ0) is 23.6. The van der Waals surface area contributed by atoms with Crippen molar-refractivity contribution in [2.45, 2.75) is 11.8 Å². The molecule has 33 heavy (non-hydrogen) atoms. The van der Waals surface area contributed by atoms with Crippen LogP contribution in [-0.2, 0) is 19.6 Å². The molecular formula is C23H19ClN4O4S. The number of amides is 2. The summed E-state index contributed by atoms with van der Waals surface area (Å²) in [4.78, 5) is 24.9. The van der Waals surface area contributed by atoms with Crippen LogP contribution in [0.1, 0.15) is 11.1 Å². The number of anilines is 2. The summed E-state index contributed by atoms with van der Waals surface area (Å²) in [5.41, 5.74) is 4.72. The minimum atomic E-state index is -4.09. The summed E-state index contributed by atoms with van der Waals surface area (Å²) in [6.45, 7) is 1.32. The van der Waals surface area contributed by atoms with E-state index in [1.54, 1.807) is 48.5 Å². The van der Waals surface area contributed by atoms with Gasteiger partial charge >= 0.3 is 0 Å². The predicted octanol–water partition coefficient (Wildman–Crippen LogP) is 3.32. The Morgan fingerprint density at radius 3 is 2.39 bits per heavy atom. The van der Waals surface area contributed by atoms with Crippen molar-refractivity contribution in [1.82, 2.24) is 5.43 Å². The van der Waals surface area contributed by atoms with E-state index < -0.39 is 28.4 Å². The number of hydrogen-bond donors (Lipinski definition) is 2. The topological polar surface area (TPSA) is 108 Å². The normalized spacial score (nSPS) is 14.0. The zero-order valence-electron chi connectivity index (χ0n) is 17.4. The number of hydrogen-bond acceptors (Lipinski definition) is 5. The second-order valence-electron chi connectivity index (χ2n) is 7.30. The first-order valence-corrected chi connectivity index (χ1v) is 11.7. The maximum Gasteiger partial charge on any atom is 0.276 e. The predicted molar refractivity (Wildman–Crippen MR) is 127 cm³/mol. The third-order valence-corrected chi connectivity index (χ3v) is 6.99. The van der Waals surface area contributed by atoms with Gasteiger partial charge in [0.05, 0.1) is 16.3 Å². The average Bonchev–Trinajstić information content (AvgIpc) is 3.12. The van der Waals surface area contributed by atoms with Crippen LogP contribution in [0.4, 0.5) is 11.4 Å². The molecule has 0 saturated heterocycles. The van der Waals surface area contributed by atoms with Crippen LogP contribution >= 0.6 is 11.6 Å². The Morgan fingerprint density at radius 2 is 1.70 bits per heavy atom. The molecule has 168 valence electrons. The van der Waals surface area contributed by atoms with Crippen LogP contribution in [0.5, 0.6) is 0 Å². The first-order valence-electron chi connectivity index (χ1n) is 9.88. The van der Waals surface area contributed by atoms with Crippen molar-refractivity contribution in [3.05, 3.63) is 88.9 Å². The van der Waals surface area contributed by atoms with E-state index in [-0.39, 0.29) is 10.6 Å². The fourth-order valence-corrected chi connectivity index (χ4v) is 4.80. The van der Waals surface area contributed by atoms with Gasteiger partial charge in [-0.3, -0.25) is 13.9 Å². The molecule has 3 aromatic carbocycles. The van der Waals surface area contributed by atoms with Crippen molar-refractivity contribution in [3.8, 4) is 0 Å². The molecule has 4 rings (SSSR count). The number of nitrogens with zero attached hydrogens (tertiary/aromatic N) is 2. The molecule has 3 aromatic rings. The molecular weight excluding hydrogens is 464 g/mol. The van der Waals surface area contributed by atoms with E-state index in [1.807, 2.05) is 6.92 Å². The van der Waals surface area contributed by atoms with E-state index in [9.17, 15) is 18.0 Å². The van der Waals surface area contributed by atoms with E-state index in [0.717, 1.165) is 9.87 Å². The van der Waals surface area contributed by atoms with Crippen molar-refractivity contribution in [3.63, 3.8) is 0 Å². The smallest absolute Gasteiger partial charge is 0.276 e. The highest BCUT2D eigenvalue weighted by Gasteiger charge is 2.29. The van der Waals surface area contributed by atoms with Crippen LogP contribution in [0.2, 0.25) is 5.02 Å². The molecule has 0 aromatic heterocycles. The minimum absolute atomic E-state index is 0.0179. The van der Waals surface area contributed by atoms with E-state index >= 15 is 0 Å². The molecule has 0 saturated carbocycles. The number of carbonyl (C=O) groups is 2. The molecule has 0 bridgehead atoms. The van der Waals surface area contributed by atoms with Crippen LogP contribution in [0, 0.1) is 6.92 Å². The van der Waals surface area contributed by atoms with Crippen molar-refractivity contribution < 1.29 is 18.0 Å². The molecule has 0 aliphatic carbocycles. The SMILES string of the molecule is Cc1ccc(N(CC(=O)N/N=C2/C(=O)Nc3ccccc32)S(=O)(=O)c2ccc(Cl)cc2)cc1. The van der Waals surface area contributed by atoms with Crippen molar-refractivity contribution in [1.29, 1.82) is 0 Å². The number of fused-ring (bicyclic) bond motifs is 1. The molecule has 10 heteroatoms. The molecule has 0 radical (unpaired) electrons. The molecule has 0 unspecified atom stereocenters. The van der Waals surface area contributed by atoms with E-state index in [0.29, 0.717) is 22.0 Å². The lowest BCUT2D eigenvalue weighted by atomic mass is 10.1. The van der Waals surface area contributed by atoms with Gasteiger partial charge in [-0.1, -0.05) is 47.5 Å². The Bertz CT molecular complexity index is 1350. The van der Waals surface area contributed by atoms with Gasteiger partial charge in [0, 0.05) is 10.6 Å². The van der Waals surface area contributed by atoms with E-state index in [1.165, 1.54) is 24.3 Å². The lowest BCUT2D eigenvalue weighted by molar-refractivity contribution is -0.119. The summed E-state index contributed by atoms with van der Waals surface area (Å²) in [6, 6.07) is 19.3. The number of sulfonamides is 1. The second-order valence-corrected chi connectivity index (χ2v) is 9.59. The Hall–Kier alpha value is -3.69. The minimum Gasteiger partial charge on any atom is -0.320 e. The van der Waals surface area contributed by atoms with Gasteiger partial charge in [0.1, 0.15) is 6.54 Å². The average molecular weight is 483 g/mol. The van der Waals surface area contributed by atoms with Gasteiger partial charge in [-0.15, -0.1) is 0 Å². The summed E-state index contributed by atoms with van der Waals surface area (Å²) < 4.78 is 27.7. The molecule has 1 aliphatic heterocycles. The van der Waals surface area contributed by atoms with Gasteiger partial charge in [0.25, 0.3) is 21.8 Å². The van der Waals surface area contributed by atoms with E-state index in [2.05, 4.69) is 15.8 Å². The van der Waals surface area contributed by atoms with Gasteiger partial charge in [-0.2, -0.15) is 5.10 Å². The third kappa shape index (κ3) is 4.74. The molecule has 0 atom stereocenters. The molecule has 0 spiro atoms. The van der Waals surface area contributed by atoms with Crippen LogP contribution in [-0.4, -0.2) is 32.5 Å². The van der Waals surface area contributed by atoms with Crippen molar-refractivity contribution in [2.24, 2.45) is 5.10 Å². The van der Waals surface area contributed by atoms with Gasteiger partial charge < -0.3 is 5.32 Å². The number of hydrazone groups is 1.